The van der Waals surface area contributed by atoms with E-state index >= 15 is 0 Å². The molecule has 2 atom stereocenters. The van der Waals surface area contributed by atoms with E-state index in [-0.39, 0.29) is 18.3 Å². The Morgan fingerprint density at radius 1 is 0.966 bits per heavy atom. The summed E-state index contributed by atoms with van der Waals surface area (Å²) in [5.74, 6) is -1.40. The summed E-state index contributed by atoms with van der Waals surface area (Å²) in [6, 6.07) is -1.28. The van der Waals surface area contributed by atoms with Gasteiger partial charge in [-0.1, -0.05) is 0 Å². The molecule has 0 aromatic heterocycles. The van der Waals surface area contributed by atoms with Crippen molar-refractivity contribution in [3.8, 4) is 0 Å². The largest absolute Gasteiger partial charge is 0.467 e. The van der Waals surface area contributed by atoms with Crippen molar-refractivity contribution in [1.82, 2.24) is 10.2 Å². The number of amides is 3. The Hall–Kier alpha value is -2.65. The molecule has 2 rings (SSSR count). The van der Waals surface area contributed by atoms with Gasteiger partial charge in [0, 0.05) is 12.8 Å². The molecular formula is C19H30N2O8. The third-order valence-electron chi connectivity index (χ3n) is 4.23. The van der Waals surface area contributed by atoms with E-state index in [1.165, 1.54) is 14.2 Å². The van der Waals surface area contributed by atoms with Crippen LogP contribution >= 0.6 is 0 Å². The van der Waals surface area contributed by atoms with Gasteiger partial charge in [-0.25, -0.2) is 19.3 Å². The molecule has 164 valence electrons. The number of ether oxygens (including phenoxy) is 3. The number of hydrogen-bond donors (Lipinski definition) is 1. The quantitative estimate of drug-likeness (QED) is 0.529. The first kappa shape index (κ1) is 24.4. The van der Waals surface area contributed by atoms with Gasteiger partial charge in [0.1, 0.15) is 17.7 Å². The summed E-state index contributed by atoms with van der Waals surface area (Å²) >= 11 is 0. The van der Waals surface area contributed by atoms with Gasteiger partial charge in [0.25, 0.3) is 0 Å². The van der Waals surface area contributed by atoms with Crippen molar-refractivity contribution in [3.63, 3.8) is 0 Å². The van der Waals surface area contributed by atoms with Gasteiger partial charge >= 0.3 is 18.0 Å². The predicted molar refractivity (Wildman–Crippen MR) is 101 cm³/mol. The monoisotopic (exact) mass is 414 g/mol. The molecule has 0 radical (unpaired) electrons. The zero-order valence-corrected chi connectivity index (χ0v) is 17.6. The van der Waals surface area contributed by atoms with Crippen molar-refractivity contribution in [2.45, 2.75) is 77.0 Å². The van der Waals surface area contributed by atoms with Crippen LogP contribution in [0, 0.1) is 0 Å². The van der Waals surface area contributed by atoms with Crippen LogP contribution in [-0.4, -0.2) is 66.7 Å². The number of esters is 2. The van der Waals surface area contributed by atoms with Gasteiger partial charge in [-0.15, -0.1) is 0 Å². The zero-order valence-electron chi connectivity index (χ0n) is 17.6. The molecule has 2 aliphatic heterocycles. The van der Waals surface area contributed by atoms with Gasteiger partial charge in [-0.3, -0.25) is 9.59 Å². The second-order valence-corrected chi connectivity index (χ2v) is 7.71. The molecule has 2 aliphatic rings. The van der Waals surface area contributed by atoms with Gasteiger partial charge in [-0.2, -0.15) is 0 Å². The van der Waals surface area contributed by atoms with E-state index in [1.807, 2.05) is 0 Å². The predicted octanol–water partition coefficient (Wildman–Crippen LogP) is 1.30. The molecule has 2 heterocycles. The van der Waals surface area contributed by atoms with Gasteiger partial charge in [0.2, 0.25) is 11.8 Å². The number of rotatable bonds is 2. The SMILES string of the molecule is COC(=O)C1CCCC(=O)N1.COC(=O)[C@H]1CCCC(=O)N1C(=O)OC(C)(C)C. The number of hydrogen-bond acceptors (Lipinski definition) is 8. The maximum absolute atomic E-state index is 11.9. The lowest BCUT2D eigenvalue weighted by atomic mass is 10.0. The Bertz CT molecular complexity index is 641. The summed E-state index contributed by atoms with van der Waals surface area (Å²) in [5.41, 5.74) is -0.713. The van der Waals surface area contributed by atoms with E-state index in [4.69, 9.17) is 4.74 Å². The third kappa shape index (κ3) is 7.71. The van der Waals surface area contributed by atoms with E-state index in [0.29, 0.717) is 25.7 Å². The summed E-state index contributed by atoms with van der Waals surface area (Å²) in [4.78, 5) is 57.8. The number of likely N-dealkylation sites (tertiary alicyclic amines) is 1. The average molecular weight is 414 g/mol. The standard InChI is InChI=1S/C12H19NO5.C7H11NO3/c1-12(2,3)18-11(16)13-8(10(15)17-4)6-5-7-9(13)14;1-11-7(10)5-3-2-4-6(9)8-5/h8H,5-7H2,1-4H3;5H,2-4H2,1H3,(H,8,9)/t8-;/m1./s1. The molecule has 0 aromatic carbocycles. The summed E-state index contributed by atoms with van der Waals surface area (Å²) in [5, 5.41) is 2.55. The molecule has 1 N–H and O–H groups in total. The first-order valence-corrected chi connectivity index (χ1v) is 9.50. The highest BCUT2D eigenvalue weighted by Gasteiger charge is 2.40. The summed E-state index contributed by atoms with van der Waals surface area (Å²) in [6.07, 6.45) is 2.42. The smallest absolute Gasteiger partial charge is 0.417 e. The van der Waals surface area contributed by atoms with E-state index in [0.717, 1.165) is 11.3 Å². The molecule has 10 heteroatoms. The van der Waals surface area contributed by atoms with Crippen LogP contribution in [0.3, 0.4) is 0 Å². The second kappa shape index (κ2) is 10.8. The fraction of sp³-hybridized carbons (Fsp3) is 0.737. The normalized spacial score (nSPS) is 21.9. The van der Waals surface area contributed by atoms with Crippen molar-refractivity contribution in [2.75, 3.05) is 14.2 Å². The lowest BCUT2D eigenvalue weighted by Crippen LogP contribution is -2.52. The van der Waals surface area contributed by atoms with Gasteiger partial charge in [-0.05, 0) is 46.5 Å². The van der Waals surface area contributed by atoms with Crippen LogP contribution in [-0.2, 0) is 33.4 Å². The number of carbonyl (C=O) groups is 5. The van der Waals surface area contributed by atoms with Crippen molar-refractivity contribution < 1.29 is 38.2 Å². The molecule has 3 amide bonds. The molecule has 0 aliphatic carbocycles. The molecule has 10 nitrogen and oxygen atoms in total. The molecule has 2 saturated heterocycles. The Kier molecular flexibility index (Phi) is 9.06. The molecule has 0 aromatic rings. The second-order valence-electron chi connectivity index (χ2n) is 7.71. The highest BCUT2D eigenvalue weighted by atomic mass is 16.6. The minimum atomic E-state index is -0.869. The summed E-state index contributed by atoms with van der Waals surface area (Å²) in [6.45, 7) is 5.10. The lowest BCUT2D eigenvalue weighted by Gasteiger charge is -2.33. The van der Waals surface area contributed by atoms with Crippen molar-refractivity contribution in [1.29, 1.82) is 0 Å². The fourth-order valence-corrected chi connectivity index (χ4v) is 2.89. The Morgan fingerprint density at radius 2 is 1.55 bits per heavy atom. The number of methoxy groups -OCH3 is 2. The Balaban J connectivity index is 0.000000326. The van der Waals surface area contributed by atoms with E-state index in [9.17, 15) is 24.0 Å². The highest BCUT2D eigenvalue weighted by molar-refractivity contribution is 5.97. The Labute approximate surface area is 170 Å². The number of piperidine rings is 2. The molecule has 0 spiro atoms. The third-order valence-corrected chi connectivity index (χ3v) is 4.23. The van der Waals surface area contributed by atoms with Crippen LogP contribution in [0.15, 0.2) is 0 Å². The van der Waals surface area contributed by atoms with Crippen molar-refractivity contribution in [2.24, 2.45) is 0 Å². The summed E-state index contributed by atoms with van der Waals surface area (Å²) < 4.78 is 14.2. The molecular weight excluding hydrogens is 384 g/mol. The molecule has 29 heavy (non-hydrogen) atoms. The number of imide groups is 1. The molecule has 0 bridgehead atoms. The zero-order chi connectivity index (χ0) is 22.2. The van der Waals surface area contributed by atoms with Crippen LogP contribution in [0.4, 0.5) is 4.79 Å². The Morgan fingerprint density at radius 3 is 2.07 bits per heavy atom. The van der Waals surface area contributed by atoms with Gasteiger partial charge in [0.15, 0.2) is 0 Å². The molecule has 0 saturated carbocycles. The maximum Gasteiger partial charge on any atom is 0.417 e. The number of carbonyl (C=O) groups excluding carboxylic acids is 5. The lowest BCUT2D eigenvalue weighted by molar-refractivity contribution is -0.154. The average Bonchev–Trinajstić information content (AvgIpc) is 2.65. The van der Waals surface area contributed by atoms with Gasteiger partial charge in [0.05, 0.1) is 14.2 Å². The van der Waals surface area contributed by atoms with Crippen molar-refractivity contribution in [3.05, 3.63) is 0 Å². The van der Waals surface area contributed by atoms with Crippen LogP contribution in [0.25, 0.3) is 0 Å². The molecule has 1 unspecified atom stereocenters. The van der Waals surface area contributed by atoms with Crippen LogP contribution < -0.4 is 5.32 Å². The molecule has 2 fully saturated rings. The summed E-state index contributed by atoms with van der Waals surface area (Å²) in [7, 11) is 2.55. The minimum absolute atomic E-state index is 0.0633. The van der Waals surface area contributed by atoms with E-state index in [1.54, 1.807) is 20.8 Å². The van der Waals surface area contributed by atoms with Crippen LogP contribution in [0.5, 0.6) is 0 Å². The van der Waals surface area contributed by atoms with Gasteiger partial charge < -0.3 is 19.5 Å². The van der Waals surface area contributed by atoms with Crippen LogP contribution in [0.1, 0.15) is 59.3 Å². The highest BCUT2D eigenvalue weighted by Crippen LogP contribution is 2.22. The van der Waals surface area contributed by atoms with E-state index in [2.05, 4.69) is 14.8 Å². The van der Waals surface area contributed by atoms with Crippen molar-refractivity contribution >= 4 is 29.8 Å². The number of nitrogens with one attached hydrogen (secondary N) is 1. The number of nitrogens with zero attached hydrogens (tertiary/aromatic N) is 1. The minimum Gasteiger partial charge on any atom is -0.467 e. The topological polar surface area (TPSA) is 128 Å². The van der Waals surface area contributed by atoms with Crippen LogP contribution in [0.2, 0.25) is 0 Å². The first-order chi connectivity index (χ1) is 13.5. The van der Waals surface area contributed by atoms with E-state index < -0.39 is 35.7 Å². The maximum atomic E-state index is 11.9. The first-order valence-electron chi connectivity index (χ1n) is 9.50. The fourth-order valence-electron chi connectivity index (χ4n) is 2.89.